The Morgan fingerprint density at radius 1 is 1.25 bits per heavy atom. The predicted octanol–water partition coefficient (Wildman–Crippen LogP) is 1.23. The number of rotatable bonds is 8. The second-order valence-electron chi connectivity index (χ2n) is 5.20. The van der Waals surface area contributed by atoms with E-state index in [1.807, 2.05) is 19.1 Å². The number of nitrogens with one attached hydrogen (secondary N) is 2. The number of carbonyl (C=O) groups excluding carboxylic acids is 1. The van der Waals surface area contributed by atoms with Gasteiger partial charge in [-0.2, -0.15) is 0 Å². The van der Waals surface area contributed by atoms with Crippen molar-refractivity contribution in [3.05, 3.63) is 41.7 Å². The zero-order valence-electron chi connectivity index (χ0n) is 13.4. The molecule has 1 amide bonds. The molecule has 8 nitrogen and oxygen atoms in total. The molecular formula is C15H19N3O5S. The fourth-order valence-corrected chi connectivity index (χ4v) is 2.67. The number of carbonyl (C=O) groups is 1. The fraction of sp³-hybridized carbons (Fsp3) is 0.333. The molecular weight excluding hydrogens is 334 g/mol. The van der Waals surface area contributed by atoms with E-state index < -0.39 is 15.9 Å². The molecule has 0 unspecified atom stereocenters. The predicted molar refractivity (Wildman–Crippen MR) is 88.3 cm³/mol. The smallest absolute Gasteiger partial charge is 0.257 e. The summed E-state index contributed by atoms with van der Waals surface area (Å²) < 4.78 is 36.0. The standard InChI is InChI=1S/C15H19N3O5S/c1-11-3-5-13(6-4-11)22-10-15(19)16-7-8-24(20,21)18-14-9-12(2)23-17-14/h3-6,9H,7-8,10H2,1-2H3,(H,16,19)(H,17,18). The van der Waals surface area contributed by atoms with Crippen molar-refractivity contribution in [3.8, 4) is 5.75 Å². The Balaban J connectivity index is 1.70. The van der Waals surface area contributed by atoms with Gasteiger partial charge < -0.3 is 14.6 Å². The third-order valence-corrected chi connectivity index (χ3v) is 4.23. The number of hydrogen-bond donors (Lipinski definition) is 2. The highest BCUT2D eigenvalue weighted by atomic mass is 32.2. The highest BCUT2D eigenvalue weighted by Gasteiger charge is 2.13. The topological polar surface area (TPSA) is 111 Å². The maximum atomic E-state index is 11.8. The lowest BCUT2D eigenvalue weighted by Crippen LogP contribution is -2.34. The van der Waals surface area contributed by atoms with E-state index in [0.717, 1.165) is 5.56 Å². The van der Waals surface area contributed by atoms with Gasteiger partial charge in [0, 0.05) is 12.6 Å². The molecule has 0 bridgehead atoms. The summed E-state index contributed by atoms with van der Waals surface area (Å²) in [4.78, 5) is 11.7. The van der Waals surface area contributed by atoms with Crippen LogP contribution in [0.3, 0.4) is 0 Å². The molecule has 1 aromatic carbocycles. The zero-order valence-corrected chi connectivity index (χ0v) is 14.2. The second-order valence-corrected chi connectivity index (χ2v) is 7.04. The lowest BCUT2D eigenvalue weighted by molar-refractivity contribution is -0.122. The van der Waals surface area contributed by atoms with E-state index in [4.69, 9.17) is 9.26 Å². The molecule has 1 heterocycles. The Morgan fingerprint density at radius 2 is 1.96 bits per heavy atom. The fourth-order valence-electron chi connectivity index (χ4n) is 1.78. The van der Waals surface area contributed by atoms with Crippen LogP contribution in [0.25, 0.3) is 0 Å². The minimum Gasteiger partial charge on any atom is -0.484 e. The van der Waals surface area contributed by atoms with Gasteiger partial charge in [0.2, 0.25) is 10.0 Å². The van der Waals surface area contributed by atoms with Crippen LogP contribution in [0.4, 0.5) is 5.82 Å². The van der Waals surface area contributed by atoms with Gasteiger partial charge >= 0.3 is 0 Å². The SMILES string of the molecule is Cc1ccc(OCC(=O)NCCS(=O)(=O)Nc2cc(C)on2)cc1. The molecule has 130 valence electrons. The van der Waals surface area contributed by atoms with E-state index in [-0.39, 0.29) is 24.7 Å². The van der Waals surface area contributed by atoms with Crippen LogP contribution in [0.1, 0.15) is 11.3 Å². The Bertz CT molecular complexity index is 784. The first-order chi connectivity index (χ1) is 11.3. The van der Waals surface area contributed by atoms with Crippen LogP contribution in [0, 0.1) is 13.8 Å². The molecule has 24 heavy (non-hydrogen) atoms. The van der Waals surface area contributed by atoms with Crippen molar-refractivity contribution in [3.63, 3.8) is 0 Å². The summed E-state index contributed by atoms with van der Waals surface area (Å²) in [6.45, 7) is 3.38. The molecule has 1 aromatic heterocycles. The summed E-state index contributed by atoms with van der Waals surface area (Å²) >= 11 is 0. The van der Waals surface area contributed by atoms with Crippen LogP contribution in [0.2, 0.25) is 0 Å². The van der Waals surface area contributed by atoms with Crippen molar-refractivity contribution in [2.45, 2.75) is 13.8 Å². The van der Waals surface area contributed by atoms with Crippen LogP contribution >= 0.6 is 0 Å². The number of ether oxygens (including phenoxy) is 1. The van der Waals surface area contributed by atoms with Gasteiger partial charge in [-0.15, -0.1) is 0 Å². The molecule has 0 aliphatic rings. The summed E-state index contributed by atoms with van der Waals surface area (Å²) in [6, 6.07) is 8.73. The third kappa shape index (κ3) is 5.92. The summed E-state index contributed by atoms with van der Waals surface area (Å²) in [5, 5.41) is 6.03. The minimum absolute atomic E-state index is 0.0394. The van der Waals surface area contributed by atoms with Crippen molar-refractivity contribution in [1.29, 1.82) is 0 Å². The molecule has 0 saturated carbocycles. The van der Waals surface area contributed by atoms with Gasteiger partial charge in [0.05, 0.1) is 5.75 Å². The molecule has 9 heteroatoms. The quantitative estimate of drug-likeness (QED) is 0.738. The number of anilines is 1. The van der Waals surface area contributed by atoms with Crippen LogP contribution < -0.4 is 14.8 Å². The molecule has 2 N–H and O–H groups in total. The van der Waals surface area contributed by atoms with Gasteiger partial charge in [-0.3, -0.25) is 9.52 Å². The molecule has 2 aromatic rings. The normalized spacial score (nSPS) is 11.1. The largest absolute Gasteiger partial charge is 0.484 e. The Labute approximate surface area is 140 Å². The molecule has 0 atom stereocenters. The molecule has 2 rings (SSSR count). The Morgan fingerprint density at radius 3 is 2.58 bits per heavy atom. The number of hydrogen-bond acceptors (Lipinski definition) is 6. The average Bonchev–Trinajstić information content (AvgIpc) is 2.90. The van der Waals surface area contributed by atoms with Crippen molar-refractivity contribution < 1.29 is 22.5 Å². The molecule has 0 fully saturated rings. The monoisotopic (exact) mass is 353 g/mol. The molecule has 0 aliphatic carbocycles. The maximum Gasteiger partial charge on any atom is 0.257 e. The van der Waals surface area contributed by atoms with Crippen molar-refractivity contribution in [2.75, 3.05) is 23.6 Å². The number of nitrogens with zero attached hydrogens (tertiary/aromatic N) is 1. The van der Waals surface area contributed by atoms with E-state index in [0.29, 0.717) is 11.5 Å². The molecule has 0 aliphatic heterocycles. The summed E-state index contributed by atoms with van der Waals surface area (Å²) in [5.41, 5.74) is 1.09. The van der Waals surface area contributed by atoms with Crippen LogP contribution in [0.15, 0.2) is 34.9 Å². The van der Waals surface area contributed by atoms with E-state index in [1.54, 1.807) is 19.1 Å². The maximum absolute atomic E-state index is 11.8. The van der Waals surface area contributed by atoms with E-state index in [2.05, 4.69) is 15.2 Å². The Hall–Kier alpha value is -2.55. The lowest BCUT2D eigenvalue weighted by atomic mass is 10.2. The van der Waals surface area contributed by atoms with Crippen LogP contribution in [-0.4, -0.2) is 38.4 Å². The van der Waals surface area contributed by atoms with Gasteiger partial charge in [0.25, 0.3) is 5.91 Å². The summed E-state index contributed by atoms with van der Waals surface area (Å²) in [6.07, 6.45) is 0. The summed E-state index contributed by atoms with van der Waals surface area (Å²) in [7, 11) is -3.62. The number of amides is 1. The number of aryl methyl sites for hydroxylation is 2. The van der Waals surface area contributed by atoms with Crippen molar-refractivity contribution in [1.82, 2.24) is 10.5 Å². The highest BCUT2D eigenvalue weighted by Crippen LogP contribution is 2.11. The molecule has 0 radical (unpaired) electrons. The second kappa shape index (κ2) is 7.82. The molecule has 0 spiro atoms. The van der Waals surface area contributed by atoms with Gasteiger partial charge in [-0.1, -0.05) is 22.9 Å². The van der Waals surface area contributed by atoms with Gasteiger partial charge in [0.15, 0.2) is 12.4 Å². The lowest BCUT2D eigenvalue weighted by Gasteiger charge is -2.08. The zero-order chi connectivity index (χ0) is 17.6. The third-order valence-electron chi connectivity index (χ3n) is 2.97. The Kier molecular flexibility index (Phi) is 5.80. The average molecular weight is 353 g/mol. The molecule has 0 saturated heterocycles. The van der Waals surface area contributed by atoms with Gasteiger partial charge in [-0.05, 0) is 26.0 Å². The number of sulfonamides is 1. The first-order valence-corrected chi connectivity index (χ1v) is 8.89. The first-order valence-electron chi connectivity index (χ1n) is 7.24. The number of benzene rings is 1. The van der Waals surface area contributed by atoms with Crippen LogP contribution in [0.5, 0.6) is 5.75 Å². The van der Waals surface area contributed by atoms with E-state index in [1.165, 1.54) is 6.07 Å². The highest BCUT2D eigenvalue weighted by molar-refractivity contribution is 7.92. The van der Waals surface area contributed by atoms with Gasteiger partial charge in [-0.25, -0.2) is 8.42 Å². The van der Waals surface area contributed by atoms with Crippen molar-refractivity contribution in [2.24, 2.45) is 0 Å². The minimum atomic E-state index is -3.62. The number of aromatic nitrogens is 1. The first kappa shape index (κ1) is 17.8. The summed E-state index contributed by atoms with van der Waals surface area (Å²) in [5.74, 6) is 0.500. The van der Waals surface area contributed by atoms with Crippen LogP contribution in [-0.2, 0) is 14.8 Å². The van der Waals surface area contributed by atoms with Gasteiger partial charge in [0.1, 0.15) is 11.5 Å². The van der Waals surface area contributed by atoms with Crippen molar-refractivity contribution >= 4 is 21.7 Å². The van der Waals surface area contributed by atoms with E-state index >= 15 is 0 Å². The van der Waals surface area contributed by atoms with E-state index in [9.17, 15) is 13.2 Å².